The quantitative estimate of drug-likeness (QED) is 0.843. The van der Waals surface area contributed by atoms with Crippen LogP contribution in [0.15, 0.2) is 24.3 Å². The van der Waals surface area contributed by atoms with Crippen LogP contribution in [0.25, 0.3) is 0 Å². The SMILES string of the molecule is O=C(Nc1ccc(I)cc1)C1CCCS1. The highest BCUT2D eigenvalue weighted by Crippen LogP contribution is 2.27. The summed E-state index contributed by atoms with van der Waals surface area (Å²) in [7, 11) is 0. The first kappa shape index (κ1) is 11.3. The summed E-state index contributed by atoms with van der Waals surface area (Å²) in [6.45, 7) is 0. The van der Waals surface area contributed by atoms with Crippen molar-refractivity contribution in [2.24, 2.45) is 0 Å². The third-order valence-corrected chi connectivity index (χ3v) is 4.43. The first-order valence-corrected chi connectivity index (χ1v) is 7.06. The highest BCUT2D eigenvalue weighted by molar-refractivity contribution is 14.1. The van der Waals surface area contributed by atoms with E-state index in [1.54, 1.807) is 11.8 Å². The van der Waals surface area contributed by atoms with Crippen LogP contribution in [0.2, 0.25) is 0 Å². The van der Waals surface area contributed by atoms with Crippen LogP contribution in [0.4, 0.5) is 5.69 Å². The molecule has 1 aliphatic rings. The zero-order valence-electron chi connectivity index (χ0n) is 8.20. The number of thioether (sulfide) groups is 1. The molecule has 1 fully saturated rings. The summed E-state index contributed by atoms with van der Waals surface area (Å²) in [6.07, 6.45) is 2.18. The van der Waals surface area contributed by atoms with Gasteiger partial charge in [0.15, 0.2) is 0 Å². The maximum absolute atomic E-state index is 11.8. The maximum atomic E-state index is 11.8. The molecule has 2 nitrogen and oxygen atoms in total. The fourth-order valence-electron chi connectivity index (χ4n) is 1.54. The third-order valence-electron chi connectivity index (χ3n) is 2.33. The minimum absolute atomic E-state index is 0.152. The standard InChI is InChI=1S/C11H12INOS/c12-8-3-5-9(6-4-8)13-11(14)10-2-1-7-15-10/h3-6,10H,1-2,7H2,(H,13,14). The van der Waals surface area contributed by atoms with Crippen molar-refractivity contribution in [3.63, 3.8) is 0 Å². The van der Waals surface area contributed by atoms with Crippen molar-refractivity contribution < 1.29 is 4.79 Å². The minimum Gasteiger partial charge on any atom is -0.325 e. The molecule has 0 bridgehead atoms. The Morgan fingerprint density at radius 2 is 2.13 bits per heavy atom. The number of halogens is 1. The Kier molecular flexibility index (Phi) is 3.91. The summed E-state index contributed by atoms with van der Waals surface area (Å²) in [6, 6.07) is 7.88. The molecule has 1 N–H and O–H groups in total. The Morgan fingerprint density at radius 3 is 2.73 bits per heavy atom. The summed E-state index contributed by atoms with van der Waals surface area (Å²) >= 11 is 4.01. The number of rotatable bonds is 2. The highest BCUT2D eigenvalue weighted by atomic mass is 127. The van der Waals surface area contributed by atoms with Gasteiger partial charge in [0.05, 0.1) is 5.25 Å². The molecule has 1 amide bonds. The molecule has 1 atom stereocenters. The van der Waals surface area contributed by atoms with Crippen molar-refractivity contribution in [2.45, 2.75) is 18.1 Å². The molecule has 4 heteroatoms. The molecule has 1 heterocycles. The summed E-state index contributed by atoms with van der Waals surface area (Å²) in [5.74, 6) is 1.27. The molecule has 15 heavy (non-hydrogen) atoms. The number of anilines is 1. The Labute approximate surface area is 107 Å². The van der Waals surface area contributed by atoms with Crippen molar-refractivity contribution in [1.82, 2.24) is 0 Å². The molecule has 0 saturated carbocycles. The zero-order valence-corrected chi connectivity index (χ0v) is 11.2. The number of hydrogen-bond acceptors (Lipinski definition) is 2. The molecule has 2 rings (SSSR count). The Bertz CT molecular complexity index is 346. The molecule has 0 aliphatic carbocycles. The lowest BCUT2D eigenvalue weighted by atomic mass is 10.2. The Balaban J connectivity index is 1.96. The van der Waals surface area contributed by atoms with E-state index in [9.17, 15) is 4.79 Å². The molecule has 0 radical (unpaired) electrons. The molecule has 0 spiro atoms. The van der Waals surface area contributed by atoms with Crippen LogP contribution in [0.1, 0.15) is 12.8 Å². The van der Waals surface area contributed by atoms with Crippen LogP contribution < -0.4 is 5.32 Å². The van der Waals surface area contributed by atoms with Gasteiger partial charge in [-0.05, 0) is 65.5 Å². The lowest BCUT2D eigenvalue weighted by Gasteiger charge is -2.09. The molecule has 0 aromatic heterocycles. The van der Waals surface area contributed by atoms with E-state index >= 15 is 0 Å². The number of carbonyl (C=O) groups excluding carboxylic acids is 1. The fourth-order valence-corrected chi connectivity index (χ4v) is 3.06. The van der Waals surface area contributed by atoms with Gasteiger partial charge in [-0.15, -0.1) is 11.8 Å². The molecule has 1 aromatic carbocycles. The van der Waals surface area contributed by atoms with Crippen molar-refractivity contribution >= 4 is 45.9 Å². The summed E-state index contributed by atoms with van der Waals surface area (Å²) in [5, 5.41) is 3.10. The maximum Gasteiger partial charge on any atom is 0.237 e. The number of hydrogen-bond donors (Lipinski definition) is 1. The topological polar surface area (TPSA) is 29.1 Å². The first-order chi connectivity index (χ1) is 7.25. The predicted octanol–water partition coefficient (Wildman–Crippen LogP) is 3.13. The lowest BCUT2D eigenvalue weighted by molar-refractivity contribution is -0.115. The monoisotopic (exact) mass is 333 g/mol. The van der Waals surface area contributed by atoms with Crippen LogP contribution >= 0.6 is 34.4 Å². The van der Waals surface area contributed by atoms with Crippen molar-refractivity contribution in [2.75, 3.05) is 11.1 Å². The van der Waals surface area contributed by atoms with Gasteiger partial charge in [0.25, 0.3) is 0 Å². The normalized spacial score (nSPS) is 20.2. The Morgan fingerprint density at radius 1 is 1.40 bits per heavy atom. The minimum atomic E-state index is 0.152. The van der Waals surface area contributed by atoms with Crippen LogP contribution in [-0.2, 0) is 4.79 Å². The second kappa shape index (κ2) is 5.21. The van der Waals surface area contributed by atoms with Crippen LogP contribution in [0.3, 0.4) is 0 Å². The number of carbonyl (C=O) groups is 1. The molecule has 80 valence electrons. The van der Waals surface area contributed by atoms with E-state index in [0.29, 0.717) is 0 Å². The highest BCUT2D eigenvalue weighted by Gasteiger charge is 2.23. The second-order valence-corrected chi connectivity index (χ2v) is 6.05. The Hall–Kier alpha value is -0.230. The smallest absolute Gasteiger partial charge is 0.237 e. The summed E-state index contributed by atoms with van der Waals surface area (Å²) in [4.78, 5) is 11.8. The van der Waals surface area contributed by atoms with Crippen LogP contribution in [-0.4, -0.2) is 16.9 Å². The molecule has 1 saturated heterocycles. The first-order valence-electron chi connectivity index (χ1n) is 4.94. The second-order valence-electron chi connectivity index (χ2n) is 3.50. The van der Waals surface area contributed by atoms with E-state index in [4.69, 9.17) is 0 Å². The predicted molar refractivity (Wildman–Crippen MR) is 73.3 cm³/mol. The van der Waals surface area contributed by atoms with Gasteiger partial charge in [0, 0.05) is 9.26 Å². The van der Waals surface area contributed by atoms with E-state index in [1.807, 2.05) is 24.3 Å². The van der Waals surface area contributed by atoms with Gasteiger partial charge in [-0.3, -0.25) is 4.79 Å². The number of benzene rings is 1. The van der Waals surface area contributed by atoms with Gasteiger partial charge in [0.1, 0.15) is 0 Å². The molecule has 1 unspecified atom stereocenters. The fraction of sp³-hybridized carbons (Fsp3) is 0.364. The van der Waals surface area contributed by atoms with Crippen molar-refractivity contribution in [3.8, 4) is 0 Å². The summed E-state index contributed by atoms with van der Waals surface area (Å²) in [5.41, 5.74) is 0.896. The average molecular weight is 333 g/mol. The van der Waals surface area contributed by atoms with Gasteiger partial charge in [-0.25, -0.2) is 0 Å². The largest absolute Gasteiger partial charge is 0.325 e. The molecule has 1 aromatic rings. The van der Waals surface area contributed by atoms with Crippen molar-refractivity contribution in [1.29, 1.82) is 0 Å². The average Bonchev–Trinajstić information content (AvgIpc) is 2.74. The van der Waals surface area contributed by atoms with E-state index in [0.717, 1.165) is 24.3 Å². The number of amides is 1. The van der Waals surface area contributed by atoms with Gasteiger partial charge < -0.3 is 5.32 Å². The van der Waals surface area contributed by atoms with Crippen LogP contribution in [0.5, 0.6) is 0 Å². The van der Waals surface area contributed by atoms with Gasteiger partial charge >= 0.3 is 0 Å². The van der Waals surface area contributed by atoms with E-state index in [-0.39, 0.29) is 11.2 Å². The molecular weight excluding hydrogens is 321 g/mol. The zero-order chi connectivity index (χ0) is 10.7. The van der Waals surface area contributed by atoms with Crippen molar-refractivity contribution in [3.05, 3.63) is 27.8 Å². The van der Waals surface area contributed by atoms with E-state index < -0.39 is 0 Å². The molecular formula is C11H12INOS. The van der Waals surface area contributed by atoms with Crippen LogP contribution in [0, 0.1) is 3.57 Å². The van der Waals surface area contributed by atoms with Gasteiger partial charge in [0.2, 0.25) is 5.91 Å². The lowest BCUT2D eigenvalue weighted by Crippen LogP contribution is -2.22. The van der Waals surface area contributed by atoms with E-state index in [2.05, 4.69) is 27.9 Å². The van der Waals surface area contributed by atoms with E-state index in [1.165, 1.54) is 3.57 Å². The summed E-state index contributed by atoms with van der Waals surface area (Å²) < 4.78 is 1.18. The number of nitrogens with one attached hydrogen (secondary N) is 1. The van der Waals surface area contributed by atoms with Gasteiger partial charge in [-0.2, -0.15) is 0 Å². The molecule has 1 aliphatic heterocycles. The van der Waals surface area contributed by atoms with Gasteiger partial charge in [-0.1, -0.05) is 0 Å². The third kappa shape index (κ3) is 3.11.